The van der Waals surface area contributed by atoms with Crippen LogP contribution in [0.15, 0.2) is 52.9 Å². The summed E-state index contributed by atoms with van der Waals surface area (Å²) in [5.41, 5.74) is 0.593. The van der Waals surface area contributed by atoms with E-state index in [0.717, 1.165) is 38.3 Å². The van der Waals surface area contributed by atoms with Gasteiger partial charge in [-0.1, -0.05) is 18.6 Å². The third kappa shape index (κ3) is 7.16. The van der Waals surface area contributed by atoms with E-state index in [4.69, 9.17) is 14.0 Å². The summed E-state index contributed by atoms with van der Waals surface area (Å²) in [4.78, 5) is 21.1. The minimum atomic E-state index is -4.44. The lowest BCUT2D eigenvalue weighted by molar-refractivity contribution is -0.168. The number of aromatic nitrogens is 1. The standard InChI is InChI=1S/C26H28F3N3O6S/c1-18-24(30-25(37-18)21-9-11-22(12-10-21)26(27,28)29)17-36-23-8-6-7-20(15-23)16-32(38-19(2)33)39(34,35)31-13-4-3-5-14-31/h6-12,15H,3-5,13-14,16-17H2,1-2H3. The van der Waals surface area contributed by atoms with Crippen molar-refractivity contribution in [3.63, 3.8) is 0 Å². The molecule has 0 saturated carbocycles. The lowest BCUT2D eigenvalue weighted by Crippen LogP contribution is -2.46. The van der Waals surface area contributed by atoms with E-state index < -0.39 is 27.9 Å². The summed E-state index contributed by atoms with van der Waals surface area (Å²) >= 11 is 0. The predicted octanol–water partition coefficient (Wildman–Crippen LogP) is 5.26. The first kappa shape index (κ1) is 28.6. The Morgan fingerprint density at radius 1 is 1.10 bits per heavy atom. The molecule has 1 saturated heterocycles. The number of hydrogen-bond acceptors (Lipinski definition) is 7. The monoisotopic (exact) mass is 567 g/mol. The normalized spacial score (nSPS) is 14.9. The van der Waals surface area contributed by atoms with E-state index >= 15 is 0 Å². The second kappa shape index (κ2) is 11.8. The van der Waals surface area contributed by atoms with Crippen LogP contribution in [-0.2, 0) is 39.2 Å². The lowest BCUT2D eigenvalue weighted by atomic mass is 10.1. The van der Waals surface area contributed by atoms with Gasteiger partial charge >= 0.3 is 22.4 Å². The van der Waals surface area contributed by atoms with Gasteiger partial charge in [0, 0.05) is 25.6 Å². The molecule has 0 radical (unpaired) electrons. The van der Waals surface area contributed by atoms with Crippen LogP contribution >= 0.6 is 0 Å². The minimum Gasteiger partial charge on any atom is -0.487 e. The van der Waals surface area contributed by atoms with Crippen LogP contribution < -0.4 is 4.74 Å². The van der Waals surface area contributed by atoms with Crippen molar-refractivity contribution in [2.24, 2.45) is 0 Å². The number of alkyl halides is 3. The van der Waals surface area contributed by atoms with Crippen molar-refractivity contribution >= 4 is 16.2 Å². The van der Waals surface area contributed by atoms with Crippen LogP contribution in [0.4, 0.5) is 13.2 Å². The van der Waals surface area contributed by atoms with Crippen LogP contribution in [0, 0.1) is 6.92 Å². The Balaban J connectivity index is 1.45. The van der Waals surface area contributed by atoms with Crippen LogP contribution in [0.5, 0.6) is 5.75 Å². The highest BCUT2D eigenvalue weighted by Gasteiger charge is 2.33. The number of carbonyl (C=O) groups excluding carboxylic acids is 1. The number of hydrogen-bond donors (Lipinski definition) is 0. The quantitative estimate of drug-likeness (QED) is 0.325. The molecular formula is C26H28F3N3O6S. The molecule has 0 N–H and O–H groups in total. The summed E-state index contributed by atoms with van der Waals surface area (Å²) in [6.07, 6.45) is -2.03. The van der Waals surface area contributed by atoms with Crippen LogP contribution in [0.25, 0.3) is 11.5 Å². The zero-order valence-corrected chi connectivity index (χ0v) is 22.2. The number of nitrogens with zero attached hydrogens (tertiary/aromatic N) is 3. The number of oxazole rings is 1. The second-order valence-electron chi connectivity index (χ2n) is 9.04. The molecule has 2 aromatic carbocycles. The SMILES string of the molecule is CC(=O)ON(Cc1cccc(OCc2nc(-c3ccc(C(F)(F)F)cc3)oc2C)c1)S(=O)(=O)N1CCCCC1. The van der Waals surface area contributed by atoms with Crippen molar-refractivity contribution in [3.05, 3.63) is 71.1 Å². The molecule has 0 amide bonds. The number of rotatable bonds is 9. The zero-order valence-electron chi connectivity index (χ0n) is 21.4. The van der Waals surface area contributed by atoms with Gasteiger partial charge in [0.05, 0.1) is 12.1 Å². The highest BCUT2D eigenvalue weighted by atomic mass is 32.2. The van der Waals surface area contributed by atoms with Gasteiger partial charge in [-0.25, -0.2) is 4.98 Å². The minimum absolute atomic E-state index is 0.000835. The fourth-order valence-corrected chi connectivity index (χ4v) is 5.54. The van der Waals surface area contributed by atoms with E-state index in [9.17, 15) is 26.4 Å². The number of piperidine rings is 1. The molecule has 3 aromatic rings. The summed E-state index contributed by atoms with van der Waals surface area (Å²) in [7, 11) is -4.03. The van der Waals surface area contributed by atoms with Gasteiger partial charge in [0.1, 0.15) is 23.8 Å². The summed E-state index contributed by atoms with van der Waals surface area (Å²) in [5.74, 6) is 0.251. The molecule has 2 heterocycles. The average molecular weight is 568 g/mol. The highest BCUT2D eigenvalue weighted by molar-refractivity contribution is 7.86. The molecule has 13 heteroatoms. The second-order valence-corrected chi connectivity index (χ2v) is 10.9. The number of ether oxygens (including phenoxy) is 1. The predicted molar refractivity (Wildman–Crippen MR) is 134 cm³/mol. The summed E-state index contributed by atoms with van der Waals surface area (Å²) in [6.45, 7) is 3.30. The molecule has 9 nitrogen and oxygen atoms in total. The summed E-state index contributed by atoms with van der Waals surface area (Å²) in [6, 6.07) is 11.1. The van der Waals surface area contributed by atoms with Crippen molar-refractivity contribution in [1.29, 1.82) is 0 Å². The maximum Gasteiger partial charge on any atom is 0.416 e. The van der Waals surface area contributed by atoms with E-state index in [1.807, 2.05) is 0 Å². The molecule has 0 aliphatic carbocycles. The molecule has 4 rings (SSSR count). The number of carbonyl (C=O) groups is 1. The molecule has 39 heavy (non-hydrogen) atoms. The number of halogens is 3. The molecule has 210 valence electrons. The topological polar surface area (TPSA) is 102 Å². The van der Waals surface area contributed by atoms with Gasteiger partial charge in [-0.3, -0.25) is 4.79 Å². The van der Waals surface area contributed by atoms with Crippen LogP contribution in [0.2, 0.25) is 0 Å². The summed E-state index contributed by atoms with van der Waals surface area (Å²) in [5, 5.41) is 0. The first-order valence-corrected chi connectivity index (χ1v) is 13.6. The Bertz CT molecular complexity index is 1400. The van der Waals surface area contributed by atoms with E-state index in [-0.39, 0.29) is 19.0 Å². The molecule has 0 unspecified atom stereocenters. The number of hydroxylamine groups is 1. The van der Waals surface area contributed by atoms with Crippen molar-refractivity contribution in [3.8, 4) is 17.2 Å². The van der Waals surface area contributed by atoms with Crippen LogP contribution in [0.3, 0.4) is 0 Å². The van der Waals surface area contributed by atoms with E-state index in [1.54, 1.807) is 31.2 Å². The van der Waals surface area contributed by atoms with Crippen LogP contribution in [-0.4, -0.2) is 41.2 Å². The van der Waals surface area contributed by atoms with Crippen LogP contribution in [0.1, 0.15) is 48.8 Å². The third-order valence-electron chi connectivity index (χ3n) is 6.07. The molecule has 1 aromatic heterocycles. The third-order valence-corrected chi connectivity index (χ3v) is 7.80. The first-order chi connectivity index (χ1) is 18.4. The van der Waals surface area contributed by atoms with Gasteiger partial charge in [0.15, 0.2) is 0 Å². The fourth-order valence-electron chi connectivity index (χ4n) is 4.05. The average Bonchev–Trinajstić information content (AvgIpc) is 3.27. The maximum atomic E-state index is 13.1. The van der Waals surface area contributed by atoms with Crippen molar-refractivity contribution in [2.75, 3.05) is 13.1 Å². The molecule has 1 fully saturated rings. The Kier molecular flexibility index (Phi) is 8.62. The highest BCUT2D eigenvalue weighted by Crippen LogP contribution is 2.31. The number of aryl methyl sites for hydroxylation is 1. The largest absolute Gasteiger partial charge is 0.487 e. The summed E-state index contributed by atoms with van der Waals surface area (Å²) < 4.78 is 78.2. The lowest BCUT2D eigenvalue weighted by Gasteiger charge is -2.30. The van der Waals surface area contributed by atoms with E-state index in [1.165, 1.54) is 16.4 Å². The van der Waals surface area contributed by atoms with Gasteiger partial charge in [-0.15, -0.1) is 0 Å². The Labute approximate surface area is 224 Å². The van der Waals surface area contributed by atoms with Crippen molar-refractivity contribution in [2.45, 2.75) is 52.4 Å². The molecule has 1 aliphatic heterocycles. The molecule has 0 bridgehead atoms. The molecular weight excluding hydrogens is 539 g/mol. The Morgan fingerprint density at radius 3 is 2.44 bits per heavy atom. The smallest absolute Gasteiger partial charge is 0.416 e. The van der Waals surface area contributed by atoms with E-state index in [0.29, 0.717) is 45.9 Å². The van der Waals surface area contributed by atoms with Gasteiger partial charge in [0.25, 0.3) is 0 Å². The molecule has 0 spiro atoms. The van der Waals surface area contributed by atoms with Gasteiger partial charge in [0.2, 0.25) is 5.89 Å². The van der Waals surface area contributed by atoms with Gasteiger partial charge in [-0.2, -0.15) is 25.9 Å². The number of benzene rings is 2. The zero-order chi connectivity index (χ0) is 28.2. The van der Waals surface area contributed by atoms with E-state index in [2.05, 4.69) is 4.98 Å². The van der Waals surface area contributed by atoms with Crippen molar-refractivity contribution < 1.29 is 40.4 Å². The Hall–Kier alpha value is -3.42. The maximum absolute atomic E-state index is 13.1. The first-order valence-electron chi connectivity index (χ1n) is 12.3. The van der Waals surface area contributed by atoms with Gasteiger partial charge < -0.3 is 14.0 Å². The fraction of sp³-hybridized carbons (Fsp3) is 0.385. The molecule has 0 atom stereocenters. The van der Waals surface area contributed by atoms with Crippen molar-refractivity contribution in [1.82, 2.24) is 13.8 Å². The molecule has 1 aliphatic rings. The van der Waals surface area contributed by atoms with Gasteiger partial charge in [-0.05, 0) is 66.2 Å². The Morgan fingerprint density at radius 2 is 1.79 bits per heavy atom.